The number of amides is 2. The molecule has 2 aliphatic rings. The third kappa shape index (κ3) is 6.81. The SMILES string of the molecule is COC(OCCC1CO[C@@H](OC)CO1)c1ccc(NC(=O)CNC(=O)C2(C=O)CCC2)cc1. The molecule has 10 nitrogen and oxygen atoms in total. The van der Waals surface area contributed by atoms with Crippen LogP contribution in [-0.4, -0.2) is 71.1 Å². The highest BCUT2D eigenvalue weighted by Gasteiger charge is 2.44. The highest BCUT2D eigenvalue weighted by molar-refractivity contribution is 6.00. The van der Waals surface area contributed by atoms with E-state index in [1.165, 1.54) is 0 Å². The van der Waals surface area contributed by atoms with E-state index in [2.05, 4.69) is 10.6 Å². The number of rotatable bonds is 12. The zero-order valence-electron chi connectivity index (χ0n) is 19.0. The molecule has 1 aromatic carbocycles. The number of nitrogens with one attached hydrogen (secondary N) is 2. The molecule has 1 aliphatic carbocycles. The highest BCUT2D eigenvalue weighted by Crippen LogP contribution is 2.38. The van der Waals surface area contributed by atoms with E-state index in [4.69, 9.17) is 23.7 Å². The molecule has 3 atom stereocenters. The largest absolute Gasteiger partial charge is 0.370 e. The lowest BCUT2D eigenvalue weighted by Gasteiger charge is -2.34. The molecule has 0 bridgehead atoms. The molecule has 1 aliphatic heterocycles. The number of carbonyl (C=O) groups is 3. The summed E-state index contributed by atoms with van der Waals surface area (Å²) >= 11 is 0. The topological polar surface area (TPSA) is 121 Å². The van der Waals surface area contributed by atoms with Gasteiger partial charge in [0.2, 0.25) is 11.8 Å². The van der Waals surface area contributed by atoms with Gasteiger partial charge < -0.3 is 39.1 Å². The Morgan fingerprint density at radius 1 is 1.18 bits per heavy atom. The summed E-state index contributed by atoms with van der Waals surface area (Å²) in [4.78, 5) is 35.5. The standard InChI is InChI=1S/C23H32N2O8/c1-29-20-14-32-18(13-33-20)8-11-31-21(30-2)16-4-6-17(7-5-16)25-19(27)12-24-22(28)23(15-26)9-3-10-23/h4-7,15,18,20-21H,3,8-14H2,1-2H3,(H,24,28)(H,25,27)/t18?,20-,21?/m1/s1. The van der Waals surface area contributed by atoms with Gasteiger partial charge in [0, 0.05) is 25.5 Å². The molecule has 2 amide bonds. The fourth-order valence-electron chi connectivity index (χ4n) is 3.66. The van der Waals surface area contributed by atoms with Crippen molar-refractivity contribution in [2.45, 2.75) is 44.4 Å². The molecule has 182 valence electrons. The molecule has 2 N–H and O–H groups in total. The Labute approximate surface area is 193 Å². The molecule has 0 spiro atoms. The maximum Gasteiger partial charge on any atom is 0.243 e. The summed E-state index contributed by atoms with van der Waals surface area (Å²) in [7, 11) is 3.13. The molecular weight excluding hydrogens is 432 g/mol. The lowest BCUT2D eigenvalue weighted by atomic mass is 9.69. The number of aldehydes is 1. The van der Waals surface area contributed by atoms with Crippen molar-refractivity contribution in [1.82, 2.24) is 5.32 Å². The Hall–Kier alpha value is -2.37. The van der Waals surface area contributed by atoms with E-state index in [-0.39, 0.29) is 24.8 Å². The number of ether oxygens (including phenoxy) is 5. The molecule has 33 heavy (non-hydrogen) atoms. The molecule has 0 aromatic heterocycles. The zero-order valence-corrected chi connectivity index (χ0v) is 19.0. The predicted molar refractivity (Wildman–Crippen MR) is 117 cm³/mol. The molecule has 1 saturated heterocycles. The van der Waals surface area contributed by atoms with Gasteiger partial charge in [-0.3, -0.25) is 9.59 Å². The van der Waals surface area contributed by atoms with Gasteiger partial charge in [-0.05, 0) is 31.4 Å². The average Bonchev–Trinajstić information content (AvgIpc) is 2.81. The van der Waals surface area contributed by atoms with Gasteiger partial charge in [-0.25, -0.2) is 0 Å². The van der Waals surface area contributed by atoms with Gasteiger partial charge in [-0.2, -0.15) is 0 Å². The van der Waals surface area contributed by atoms with Gasteiger partial charge in [-0.1, -0.05) is 18.6 Å². The number of hydrogen-bond acceptors (Lipinski definition) is 8. The quantitative estimate of drug-likeness (QED) is 0.272. The van der Waals surface area contributed by atoms with E-state index in [9.17, 15) is 14.4 Å². The van der Waals surface area contributed by atoms with Crippen molar-refractivity contribution in [3.05, 3.63) is 29.8 Å². The normalized spacial score (nSPS) is 22.6. The Morgan fingerprint density at radius 3 is 2.48 bits per heavy atom. The molecule has 3 rings (SSSR count). The van der Waals surface area contributed by atoms with Crippen molar-refractivity contribution in [3.8, 4) is 0 Å². The van der Waals surface area contributed by atoms with Crippen LogP contribution in [0.25, 0.3) is 0 Å². The third-order valence-electron chi connectivity index (χ3n) is 5.92. The maximum atomic E-state index is 12.2. The van der Waals surface area contributed by atoms with Crippen LogP contribution >= 0.6 is 0 Å². The minimum absolute atomic E-state index is 0.0577. The second kappa shape index (κ2) is 12.2. The highest BCUT2D eigenvalue weighted by atomic mass is 16.7. The number of benzene rings is 1. The van der Waals surface area contributed by atoms with Crippen molar-refractivity contribution in [1.29, 1.82) is 0 Å². The summed E-state index contributed by atoms with van der Waals surface area (Å²) in [6.45, 7) is 1.07. The summed E-state index contributed by atoms with van der Waals surface area (Å²) in [6, 6.07) is 7.04. The van der Waals surface area contributed by atoms with E-state index in [1.807, 2.05) is 0 Å². The smallest absolute Gasteiger partial charge is 0.243 e. The zero-order chi connectivity index (χ0) is 23.7. The van der Waals surface area contributed by atoms with Crippen LogP contribution < -0.4 is 10.6 Å². The molecule has 1 aromatic rings. The van der Waals surface area contributed by atoms with E-state index in [1.54, 1.807) is 38.5 Å². The van der Waals surface area contributed by atoms with Crippen LogP contribution in [0.15, 0.2) is 24.3 Å². The third-order valence-corrected chi connectivity index (χ3v) is 5.92. The van der Waals surface area contributed by atoms with Crippen LogP contribution in [0, 0.1) is 5.41 Å². The van der Waals surface area contributed by atoms with Crippen LogP contribution in [0.1, 0.15) is 37.5 Å². The minimum atomic E-state index is -0.959. The summed E-state index contributed by atoms with van der Waals surface area (Å²) in [5, 5.41) is 5.26. The Balaban J connectivity index is 1.40. The summed E-state index contributed by atoms with van der Waals surface area (Å²) < 4.78 is 27.5. The van der Waals surface area contributed by atoms with Crippen molar-refractivity contribution in [2.24, 2.45) is 5.41 Å². The predicted octanol–water partition coefficient (Wildman–Crippen LogP) is 1.55. The monoisotopic (exact) mass is 464 g/mol. The van der Waals surface area contributed by atoms with Gasteiger partial charge in [0.25, 0.3) is 0 Å². The Bertz CT molecular complexity index is 788. The minimum Gasteiger partial charge on any atom is -0.370 e. The lowest BCUT2D eigenvalue weighted by molar-refractivity contribution is -0.229. The maximum absolute atomic E-state index is 12.2. The molecular formula is C23H32N2O8. The number of hydrogen-bond donors (Lipinski definition) is 2. The number of carbonyl (C=O) groups excluding carboxylic acids is 3. The fourth-order valence-corrected chi connectivity index (χ4v) is 3.66. The summed E-state index contributed by atoms with van der Waals surface area (Å²) in [6.07, 6.45) is 2.30. The number of anilines is 1. The first-order valence-electron chi connectivity index (χ1n) is 11.0. The van der Waals surface area contributed by atoms with Crippen LogP contribution in [0.4, 0.5) is 5.69 Å². The lowest BCUT2D eigenvalue weighted by Crippen LogP contribution is -2.48. The Morgan fingerprint density at radius 2 is 1.94 bits per heavy atom. The van der Waals surface area contributed by atoms with Crippen LogP contribution in [0.3, 0.4) is 0 Å². The number of methoxy groups -OCH3 is 2. The van der Waals surface area contributed by atoms with Crippen molar-refractivity contribution < 1.29 is 38.1 Å². The van der Waals surface area contributed by atoms with Crippen LogP contribution in [0.2, 0.25) is 0 Å². The molecule has 1 heterocycles. The van der Waals surface area contributed by atoms with E-state index >= 15 is 0 Å². The summed E-state index contributed by atoms with van der Waals surface area (Å²) in [5.41, 5.74) is 0.406. The second-order valence-electron chi connectivity index (χ2n) is 8.16. The van der Waals surface area contributed by atoms with Gasteiger partial charge >= 0.3 is 0 Å². The first-order valence-corrected chi connectivity index (χ1v) is 11.0. The van der Waals surface area contributed by atoms with Crippen molar-refractivity contribution in [3.63, 3.8) is 0 Å². The molecule has 2 fully saturated rings. The van der Waals surface area contributed by atoms with Gasteiger partial charge in [-0.15, -0.1) is 0 Å². The van der Waals surface area contributed by atoms with Gasteiger partial charge in [0.05, 0.1) is 32.5 Å². The second-order valence-corrected chi connectivity index (χ2v) is 8.16. The van der Waals surface area contributed by atoms with E-state index < -0.39 is 17.6 Å². The molecule has 0 radical (unpaired) electrons. The van der Waals surface area contributed by atoms with Crippen molar-refractivity contribution >= 4 is 23.8 Å². The van der Waals surface area contributed by atoms with E-state index in [0.717, 1.165) is 12.0 Å². The van der Waals surface area contributed by atoms with Crippen molar-refractivity contribution in [2.75, 3.05) is 45.9 Å². The van der Waals surface area contributed by atoms with E-state index in [0.29, 0.717) is 51.1 Å². The molecule has 2 unspecified atom stereocenters. The molecule has 10 heteroatoms. The first kappa shape index (κ1) is 25.3. The first-order chi connectivity index (χ1) is 16.0. The molecule has 1 saturated carbocycles. The van der Waals surface area contributed by atoms with Crippen LogP contribution in [-0.2, 0) is 38.1 Å². The van der Waals surface area contributed by atoms with Crippen LogP contribution in [0.5, 0.6) is 0 Å². The summed E-state index contributed by atoms with van der Waals surface area (Å²) in [5.74, 6) is -0.764. The van der Waals surface area contributed by atoms with Gasteiger partial charge in [0.1, 0.15) is 11.7 Å². The van der Waals surface area contributed by atoms with Gasteiger partial charge in [0.15, 0.2) is 12.6 Å². The fraction of sp³-hybridized carbons (Fsp3) is 0.609. The average molecular weight is 465 g/mol. The Kier molecular flexibility index (Phi) is 9.33.